The summed E-state index contributed by atoms with van der Waals surface area (Å²) >= 11 is 1.29. The minimum Gasteiger partial charge on any atom is -0.481 e. The quantitative estimate of drug-likeness (QED) is 0.883. The third-order valence-electron chi connectivity index (χ3n) is 4.00. The first-order valence-corrected chi connectivity index (χ1v) is 7.50. The molecule has 98 valence electrons. The van der Waals surface area contributed by atoms with E-state index in [9.17, 15) is 4.79 Å². The first-order valence-electron chi connectivity index (χ1n) is 6.34. The third-order valence-corrected chi connectivity index (χ3v) is 4.91. The zero-order valence-corrected chi connectivity index (χ0v) is 10.9. The fourth-order valence-corrected chi connectivity index (χ4v) is 3.83. The lowest BCUT2D eigenvalue weighted by atomic mass is 9.88. The first kappa shape index (κ1) is 12.0. The average Bonchev–Trinajstić information content (AvgIpc) is 3.03. The van der Waals surface area contributed by atoms with Crippen molar-refractivity contribution in [3.8, 4) is 0 Å². The van der Waals surface area contributed by atoms with Crippen LogP contribution in [0.15, 0.2) is 4.52 Å². The summed E-state index contributed by atoms with van der Waals surface area (Å²) in [5.41, 5.74) is 0. The lowest BCUT2D eigenvalue weighted by Gasteiger charge is -2.17. The summed E-state index contributed by atoms with van der Waals surface area (Å²) in [5, 5.41) is 12.6. The molecule has 0 aliphatic heterocycles. The fourth-order valence-electron chi connectivity index (χ4n) is 3.26. The highest BCUT2D eigenvalue weighted by atomic mass is 32.2. The minimum absolute atomic E-state index is 0.0752. The van der Waals surface area contributed by atoms with Crippen LogP contribution in [0.2, 0.25) is 0 Å². The highest BCUT2D eigenvalue weighted by molar-refractivity contribution is 7.99. The van der Waals surface area contributed by atoms with Gasteiger partial charge in [-0.3, -0.25) is 4.79 Å². The molecule has 18 heavy (non-hydrogen) atoms. The smallest absolute Gasteiger partial charge is 0.313 e. The first-order chi connectivity index (χ1) is 8.72. The van der Waals surface area contributed by atoms with E-state index in [0.717, 1.165) is 17.7 Å². The van der Waals surface area contributed by atoms with Gasteiger partial charge in [-0.25, -0.2) is 0 Å². The van der Waals surface area contributed by atoms with Gasteiger partial charge in [0.25, 0.3) is 0 Å². The summed E-state index contributed by atoms with van der Waals surface area (Å²) in [5.74, 6) is 3.23. The Kier molecular flexibility index (Phi) is 3.28. The maximum absolute atomic E-state index is 10.4. The van der Waals surface area contributed by atoms with Gasteiger partial charge in [-0.15, -0.1) is 11.8 Å². The number of thioether (sulfide) groups is 1. The molecule has 1 heterocycles. The molecule has 0 saturated heterocycles. The molecule has 2 aliphatic carbocycles. The second-order valence-electron chi connectivity index (χ2n) is 5.21. The zero-order chi connectivity index (χ0) is 12.5. The van der Waals surface area contributed by atoms with Crippen LogP contribution in [0.1, 0.15) is 43.3 Å². The van der Waals surface area contributed by atoms with Crippen LogP contribution >= 0.6 is 11.8 Å². The number of hydrogen-bond acceptors (Lipinski definition) is 5. The van der Waals surface area contributed by atoms with E-state index in [1.807, 2.05) is 0 Å². The van der Waals surface area contributed by atoms with Crippen molar-refractivity contribution in [3.05, 3.63) is 11.7 Å². The minimum atomic E-state index is -0.812. The van der Waals surface area contributed by atoms with E-state index in [0.29, 0.717) is 17.6 Å². The lowest BCUT2D eigenvalue weighted by Crippen LogP contribution is -2.10. The molecule has 0 radical (unpaired) electrons. The van der Waals surface area contributed by atoms with Gasteiger partial charge in [-0.2, -0.15) is 4.98 Å². The van der Waals surface area contributed by atoms with Crippen molar-refractivity contribution >= 4 is 17.7 Å². The summed E-state index contributed by atoms with van der Waals surface area (Å²) in [6.45, 7) is 0. The van der Waals surface area contributed by atoms with Crippen LogP contribution in [-0.4, -0.2) is 27.0 Å². The number of fused-ring (bicyclic) bond motifs is 2. The molecule has 6 heteroatoms. The van der Waals surface area contributed by atoms with Crippen molar-refractivity contribution in [2.75, 3.05) is 5.75 Å². The zero-order valence-electron chi connectivity index (χ0n) is 10.0. The Morgan fingerprint density at radius 2 is 2.33 bits per heavy atom. The van der Waals surface area contributed by atoms with Gasteiger partial charge in [0.1, 0.15) is 0 Å². The molecule has 5 nitrogen and oxygen atoms in total. The van der Waals surface area contributed by atoms with Gasteiger partial charge in [-0.1, -0.05) is 11.6 Å². The number of carboxylic acids is 1. The molecule has 1 aromatic rings. The lowest BCUT2D eigenvalue weighted by molar-refractivity contribution is -0.133. The average molecular weight is 268 g/mol. The number of hydrogen-bond donors (Lipinski definition) is 1. The largest absolute Gasteiger partial charge is 0.481 e. The number of carbonyl (C=O) groups is 1. The Morgan fingerprint density at radius 1 is 1.44 bits per heavy atom. The third kappa shape index (κ3) is 2.39. The van der Waals surface area contributed by atoms with E-state index >= 15 is 0 Å². The second-order valence-corrected chi connectivity index (χ2v) is 6.20. The topological polar surface area (TPSA) is 76.2 Å². The predicted molar refractivity (Wildman–Crippen MR) is 66.3 cm³/mol. The Labute approximate surface area is 109 Å². The number of aromatic nitrogens is 2. The SMILES string of the molecule is O=C(O)CSCc1nc(C2CC3CCC2C3)no1. The highest BCUT2D eigenvalue weighted by Crippen LogP contribution is 2.52. The Bertz CT molecular complexity index is 448. The van der Waals surface area contributed by atoms with Crippen LogP contribution in [0.25, 0.3) is 0 Å². The van der Waals surface area contributed by atoms with Gasteiger partial charge >= 0.3 is 5.97 Å². The van der Waals surface area contributed by atoms with Gasteiger partial charge < -0.3 is 9.63 Å². The van der Waals surface area contributed by atoms with Crippen LogP contribution in [-0.2, 0) is 10.5 Å². The standard InChI is InChI=1S/C12H16N2O3S/c15-11(16)6-18-5-10-13-12(14-17-10)9-4-7-1-2-8(9)3-7/h7-9H,1-6H2,(H,15,16). The van der Waals surface area contributed by atoms with Gasteiger partial charge in [0.15, 0.2) is 5.82 Å². The van der Waals surface area contributed by atoms with Crippen LogP contribution in [0, 0.1) is 11.8 Å². The second kappa shape index (κ2) is 4.91. The van der Waals surface area contributed by atoms with E-state index in [1.54, 1.807) is 0 Å². The van der Waals surface area contributed by atoms with Gasteiger partial charge in [0.05, 0.1) is 11.5 Å². The van der Waals surface area contributed by atoms with Crippen molar-refractivity contribution in [1.29, 1.82) is 0 Å². The highest BCUT2D eigenvalue weighted by Gasteiger charge is 2.42. The van der Waals surface area contributed by atoms with Crippen molar-refractivity contribution < 1.29 is 14.4 Å². The molecular formula is C12H16N2O3S. The van der Waals surface area contributed by atoms with Crippen molar-refractivity contribution in [2.24, 2.45) is 11.8 Å². The summed E-state index contributed by atoms with van der Waals surface area (Å²) in [4.78, 5) is 14.8. The van der Waals surface area contributed by atoms with E-state index in [-0.39, 0.29) is 5.75 Å². The van der Waals surface area contributed by atoms with Crippen LogP contribution in [0.5, 0.6) is 0 Å². The molecule has 3 unspecified atom stereocenters. The number of carboxylic acid groups (broad SMARTS) is 1. The number of rotatable bonds is 5. The molecule has 1 aromatic heterocycles. The van der Waals surface area contributed by atoms with Crippen molar-refractivity contribution in [1.82, 2.24) is 10.1 Å². The molecule has 0 amide bonds. The van der Waals surface area contributed by atoms with Crippen LogP contribution < -0.4 is 0 Å². The van der Waals surface area contributed by atoms with Crippen LogP contribution in [0.3, 0.4) is 0 Å². The maximum atomic E-state index is 10.4. The summed E-state index contributed by atoms with van der Waals surface area (Å²) in [7, 11) is 0. The molecule has 3 rings (SSSR count). The molecular weight excluding hydrogens is 252 g/mol. The van der Waals surface area contributed by atoms with Gasteiger partial charge in [0.2, 0.25) is 5.89 Å². The molecule has 2 fully saturated rings. The van der Waals surface area contributed by atoms with Gasteiger partial charge in [-0.05, 0) is 31.1 Å². The molecule has 0 aromatic carbocycles. The Morgan fingerprint density at radius 3 is 3.00 bits per heavy atom. The number of aliphatic carboxylic acids is 1. The monoisotopic (exact) mass is 268 g/mol. The van der Waals surface area contributed by atoms with E-state index in [2.05, 4.69) is 10.1 Å². The molecule has 2 bridgehead atoms. The van der Waals surface area contributed by atoms with Crippen molar-refractivity contribution in [2.45, 2.75) is 37.4 Å². The predicted octanol–water partition coefficient (Wildman–Crippen LogP) is 2.29. The Hall–Kier alpha value is -1.04. The summed E-state index contributed by atoms with van der Waals surface area (Å²) < 4.78 is 5.19. The molecule has 0 spiro atoms. The van der Waals surface area contributed by atoms with E-state index in [4.69, 9.17) is 9.63 Å². The Balaban J connectivity index is 1.58. The number of nitrogens with zero attached hydrogens (tertiary/aromatic N) is 2. The molecule has 1 N–H and O–H groups in total. The van der Waals surface area contributed by atoms with E-state index in [1.165, 1.54) is 37.4 Å². The molecule has 2 aliphatic rings. The molecule has 3 atom stereocenters. The normalized spacial score (nSPS) is 29.9. The van der Waals surface area contributed by atoms with Crippen LogP contribution in [0.4, 0.5) is 0 Å². The van der Waals surface area contributed by atoms with Gasteiger partial charge in [0, 0.05) is 5.92 Å². The summed E-state index contributed by atoms with van der Waals surface area (Å²) in [6, 6.07) is 0. The van der Waals surface area contributed by atoms with E-state index < -0.39 is 5.97 Å². The maximum Gasteiger partial charge on any atom is 0.313 e. The molecule has 2 saturated carbocycles. The fraction of sp³-hybridized carbons (Fsp3) is 0.750. The summed E-state index contributed by atoms with van der Waals surface area (Å²) in [6.07, 6.45) is 5.18. The van der Waals surface area contributed by atoms with Crippen molar-refractivity contribution in [3.63, 3.8) is 0 Å².